The Balaban J connectivity index is 1.99. The molecule has 1 aromatic heterocycles. The Hall–Kier alpha value is -1.09. The van der Waals surface area contributed by atoms with Gasteiger partial charge in [-0.05, 0) is 48.2 Å². The van der Waals surface area contributed by atoms with Gasteiger partial charge in [-0.15, -0.1) is 0 Å². The minimum atomic E-state index is -0.000236. The summed E-state index contributed by atoms with van der Waals surface area (Å²) in [5.41, 5.74) is 8.29. The summed E-state index contributed by atoms with van der Waals surface area (Å²) >= 11 is 12.0. The molecule has 4 heteroatoms. The van der Waals surface area contributed by atoms with Crippen LogP contribution in [-0.4, -0.2) is 4.98 Å². The van der Waals surface area contributed by atoms with Crippen molar-refractivity contribution in [1.82, 2.24) is 4.98 Å². The SMILES string of the molecule is NC(CCc1ccc(Cl)cc1Cl)c1ccncc1. The fourth-order valence-corrected chi connectivity index (χ4v) is 2.32. The molecule has 1 unspecified atom stereocenters. The molecule has 2 nitrogen and oxygen atoms in total. The van der Waals surface area contributed by atoms with Gasteiger partial charge in [0.25, 0.3) is 0 Å². The van der Waals surface area contributed by atoms with Crippen LogP contribution < -0.4 is 5.73 Å². The van der Waals surface area contributed by atoms with Crippen LogP contribution in [-0.2, 0) is 6.42 Å². The number of nitrogens with two attached hydrogens (primary N) is 1. The van der Waals surface area contributed by atoms with E-state index in [1.54, 1.807) is 18.5 Å². The summed E-state index contributed by atoms with van der Waals surface area (Å²) in [5.74, 6) is 0. The molecule has 2 rings (SSSR count). The van der Waals surface area contributed by atoms with Crippen molar-refractivity contribution in [3.05, 3.63) is 63.9 Å². The van der Waals surface area contributed by atoms with Gasteiger partial charge in [-0.25, -0.2) is 0 Å². The predicted octanol–water partition coefficient (Wildman–Crippen LogP) is 4.02. The van der Waals surface area contributed by atoms with E-state index in [-0.39, 0.29) is 6.04 Å². The third kappa shape index (κ3) is 3.45. The minimum absolute atomic E-state index is 0.000236. The summed E-state index contributed by atoms with van der Waals surface area (Å²) < 4.78 is 0. The zero-order chi connectivity index (χ0) is 13.0. The van der Waals surface area contributed by atoms with Crippen LogP contribution in [0.25, 0.3) is 0 Å². The first-order valence-electron chi connectivity index (χ1n) is 5.76. The number of aromatic nitrogens is 1. The fourth-order valence-electron chi connectivity index (χ4n) is 1.81. The molecule has 0 aliphatic heterocycles. The van der Waals surface area contributed by atoms with E-state index in [0.29, 0.717) is 10.0 Å². The van der Waals surface area contributed by atoms with Gasteiger partial charge in [0, 0.05) is 28.5 Å². The molecule has 0 amide bonds. The van der Waals surface area contributed by atoms with E-state index < -0.39 is 0 Å². The molecular formula is C14H14Cl2N2. The van der Waals surface area contributed by atoms with Gasteiger partial charge in [0.05, 0.1) is 0 Å². The molecule has 0 bridgehead atoms. The van der Waals surface area contributed by atoms with Crippen LogP contribution >= 0.6 is 23.2 Å². The number of hydrogen-bond acceptors (Lipinski definition) is 2. The third-order valence-electron chi connectivity index (χ3n) is 2.87. The number of nitrogens with zero attached hydrogens (tertiary/aromatic N) is 1. The quantitative estimate of drug-likeness (QED) is 0.919. The summed E-state index contributed by atoms with van der Waals surface area (Å²) in [6.45, 7) is 0. The van der Waals surface area contributed by atoms with Crippen molar-refractivity contribution in [2.24, 2.45) is 5.73 Å². The molecule has 0 aliphatic carbocycles. The lowest BCUT2D eigenvalue weighted by molar-refractivity contribution is 0.650. The summed E-state index contributed by atoms with van der Waals surface area (Å²) in [7, 11) is 0. The lowest BCUT2D eigenvalue weighted by Crippen LogP contribution is -2.11. The van der Waals surface area contributed by atoms with Gasteiger partial charge >= 0.3 is 0 Å². The third-order valence-corrected chi connectivity index (χ3v) is 3.46. The van der Waals surface area contributed by atoms with E-state index in [4.69, 9.17) is 28.9 Å². The normalized spacial score (nSPS) is 12.4. The molecule has 0 radical (unpaired) electrons. The van der Waals surface area contributed by atoms with E-state index >= 15 is 0 Å². The Morgan fingerprint density at radius 2 is 1.83 bits per heavy atom. The van der Waals surface area contributed by atoms with Crippen LogP contribution in [0.15, 0.2) is 42.7 Å². The molecule has 94 valence electrons. The van der Waals surface area contributed by atoms with E-state index in [0.717, 1.165) is 24.0 Å². The fraction of sp³-hybridized carbons (Fsp3) is 0.214. The Morgan fingerprint density at radius 3 is 2.50 bits per heavy atom. The monoisotopic (exact) mass is 280 g/mol. The Kier molecular flexibility index (Phi) is 4.59. The maximum atomic E-state index is 6.13. The average molecular weight is 281 g/mol. The van der Waals surface area contributed by atoms with Crippen molar-refractivity contribution in [2.45, 2.75) is 18.9 Å². The zero-order valence-corrected chi connectivity index (χ0v) is 11.3. The summed E-state index contributed by atoms with van der Waals surface area (Å²) in [5, 5.41) is 1.35. The van der Waals surface area contributed by atoms with Crippen LogP contribution in [0.3, 0.4) is 0 Å². The van der Waals surface area contributed by atoms with Crippen LogP contribution in [0.2, 0.25) is 10.0 Å². The van der Waals surface area contributed by atoms with Crippen LogP contribution in [0.1, 0.15) is 23.6 Å². The summed E-state index contributed by atoms with van der Waals surface area (Å²) in [4.78, 5) is 3.98. The lowest BCUT2D eigenvalue weighted by atomic mass is 10.0. The number of hydrogen-bond donors (Lipinski definition) is 1. The average Bonchev–Trinajstić information content (AvgIpc) is 2.38. The van der Waals surface area contributed by atoms with Crippen molar-refractivity contribution in [1.29, 1.82) is 0 Å². The highest BCUT2D eigenvalue weighted by molar-refractivity contribution is 6.35. The largest absolute Gasteiger partial charge is 0.324 e. The zero-order valence-electron chi connectivity index (χ0n) is 9.81. The number of aryl methyl sites for hydroxylation is 1. The van der Waals surface area contributed by atoms with Crippen molar-refractivity contribution in [3.63, 3.8) is 0 Å². The van der Waals surface area contributed by atoms with Gasteiger partial charge < -0.3 is 5.73 Å². The first-order valence-corrected chi connectivity index (χ1v) is 6.52. The smallest absolute Gasteiger partial charge is 0.0452 e. The molecule has 0 aliphatic rings. The standard InChI is InChI=1S/C14H14Cl2N2/c15-12-3-1-10(13(16)9-12)2-4-14(17)11-5-7-18-8-6-11/h1,3,5-9,14H,2,4,17H2. The van der Waals surface area contributed by atoms with Crippen molar-refractivity contribution >= 4 is 23.2 Å². The first-order chi connectivity index (χ1) is 8.66. The topological polar surface area (TPSA) is 38.9 Å². The van der Waals surface area contributed by atoms with Crippen LogP contribution in [0.5, 0.6) is 0 Å². The Bertz CT molecular complexity index is 514. The van der Waals surface area contributed by atoms with Gasteiger partial charge in [-0.3, -0.25) is 4.98 Å². The van der Waals surface area contributed by atoms with E-state index in [1.807, 2.05) is 24.3 Å². The number of pyridine rings is 1. The van der Waals surface area contributed by atoms with E-state index in [1.165, 1.54) is 0 Å². The molecule has 0 fully saturated rings. The number of rotatable bonds is 4. The van der Waals surface area contributed by atoms with Crippen molar-refractivity contribution in [2.75, 3.05) is 0 Å². The molecule has 1 heterocycles. The molecule has 1 atom stereocenters. The second kappa shape index (κ2) is 6.19. The highest BCUT2D eigenvalue weighted by Gasteiger charge is 2.08. The minimum Gasteiger partial charge on any atom is -0.324 e. The van der Waals surface area contributed by atoms with Crippen molar-refractivity contribution < 1.29 is 0 Å². The maximum Gasteiger partial charge on any atom is 0.0452 e. The van der Waals surface area contributed by atoms with Gasteiger partial charge in [-0.2, -0.15) is 0 Å². The maximum absolute atomic E-state index is 6.13. The predicted molar refractivity (Wildman–Crippen MR) is 75.9 cm³/mol. The van der Waals surface area contributed by atoms with Gasteiger partial charge in [-0.1, -0.05) is 29.3 Å². The molecule has 0 saturated heterocycles. The van der Waals surface area contributed by atoms with Gasteiger partial charge in [0.2, 0.25) is 0 Å². The molecule has 1 aromatic carbocycles. The van der Waals surface area contributed by atoms with Gasteiger partial charge in [0.15, 0.2) is 0 Å². The molecule has 0 saturated carbocycles. The molecule has 0 spiro atoms. The van der Waals surface area contributed by atoms with Crippen molar-refractivity contribution in [3.8, 4) is 0 Å². The van der Waals surface area contributed by atoms with Crippen LogP contribution in [0.4, 0.5) is 0 Å². The molecule has 2 aromatic rings. The highest BCUT2D eigenvalue weighted by atomic mass is 35.5. The lowest BCUT2D eigenvalue weighted by Gasteiger charge is -2.12. The van der Waals surface area contributed by atoms with E-state index in [9.17, 15) is 0 Å². The second-order valence-corrected chi connectivity index (χ2v) is 5.01. The second-order valence-electron chi connectivity index (χ2n) is 4.16. The Morgan fingerprint density at radius 1 is 1.11 bits per heavy atom. The van der Waals surface area contributed by atoms with Crippen LogP contribution in [0, 0.1) is 0 Å². The summed E-state index contributed by atoms with van der Waals surface area (Å²) in [6, 6.07) is 9.43. The Labute approximate surface area is 117 Å². The highest BCUT2D eigenvalue weighted by Crippen LogP contribution is 2.24. The first kappa shape index (κ1) is 13.3. The number of halogens is 2. The summed E-state index contributed by atoms with van der Waals surface area (Å²) in [6.07, 6.45) is 5.18. The van der Waals surface area contributed by atoms with Gasteiger partial charge in [0.1, 0.15) is 0 Å². The van der Waals surface area contributed by atoms with E-state index in [2.05, 4.69) is 4.98 Å². The number of benzene rings is 1. The molecular weight excluding hydrogens is 267 g/mol. The molecule has 2 N–H and O–H groups in total. The molecule has 18 heavy (non-hydrogen) atoms.